The molecule has 0 atom stereocenters. The van der Waals surface area contributed by atoms with Gasteiger partial charge in [0.05, 0.1) is 6.54 Å². The van der Waals surface area contributed by atoms with E-state index in [0.717, 1.165) is 24.8 Å². The van der Waals surface area contributed by atoms with Crippen molar-refractivity contribution in [1.82, 2.24) is 10.2 Å². The molecule has 2 fully saturated rings. The number of amides is 3. The summed E-state index contributed by atoms with van der Waals surface area (Å²) in [6, 6.07) is 9.33. The van der Waals surface area contributed by atoms with E-state index in [0.29, 0.717) is 6.54 Å². The monoisotopic (exact) mass is 230 g/mol. The Morgan fingerprint density at radius 1 is 1.18 bits per heavy atom. The summed E-state index contributed by atoms with van der Waals surface area (Å²) in [5.74, 6) is -0.0578. The molecule has 1 aliphatic heterocycles. The van der Waals surface area contributed by atoms with E-state index in [1.807, 2.05) is 30.3 Å². The first-order valence-electron chi connectivity index (χ1n) is 5.89. The number of nitrogens with one attached hydrogen (secondary N) is 1. The second kappa shape index (κ2) is 3.58. The normalized spacial score (nSPS) is 21.5. The topological polar surface area (TPSA) is 49.4 Å². The summed E-state index contributed by atoms with van der Waals surface area (Å²) >= 11 is 0. The van der Waals surface area contributed by atoms with E-state index in [2.05, 4.69) is 5.32 Å². The van der Waals surface area contributed by atoms with Crippen LogP contribution in [0, 0.1) is 0 Å². The van der Waals surface area contributed by atoms with Crippen LogP contribution in [-0.2, 0) is 11.3 Å². The maximum atomic E-state index is 12.2. The molecule has 1 heterocycles. The second-order valence-electron chi connectivity index (χ2n) is 4.74. The van der Waals surface area contributed by atoms with Crippen molar-refractivity contribution < 1.29 is 9.59 Å². The van der Waals surface area contributed by atoms with E-state index in [-0.39, 0.29) is 11.9 Å². The fourth-order valence-electron chi connectivity index (χ4n) is 2.46. The van der Waals surface area contributed by atoms with Gasteiger partial charge >= 0.3 is 6.03 Å². The lowest BCUT2D eigenvalue weighted by Gasteiger charge is -2.34. The molecule has 1 aromatic carbocycles. The fraction of sp³-hybridized carbons (Fsp3) is 0.385. The third-order valence-electron chi connectivity index (χ3n) is 3.64. The van der Waals surface area contributed by atoms with E-state index in [9.17, 15) is 9.59 Å². The summed E-state index contributed by atoms with van der Waals surface area (Å²) in [7, 11) is 0. The first-order valence-corrected chi connectivity index (χ1v) is 5.89. The molecule has 1 saturated carbocycles. The largest absolute Gasteiger partial charge is 0.325 e. The van der Waals surface area contributed by atoms with Crippen LogP contribution in [0.25, 0.3) is 0 Å². The van der Waals surface area contributed by atoms with Crippen LogP contribution in [0.2, 0.25) is 0 Å². The molecule has 1 aliphatic carbocycles. The smallest absolute Gasteiger partial charge is 0.323 e. The van der Waals surface area contributed by atoms with Crippen LogP contribution < -0.4 is 5.32 Å². The van der Waals surface area contributed by atoms with E-state index in [1.54, 1.807) is 0 Å². The number of urea groups is 1. The number of imide groups is 1. The van der Waals surface area contributed by atoms with Gasteiger partial charge in [-0.15, -0.1) is 0 Å². The van der Waals surface area contributed by atoms with Gasteiger partial charge in [-0.2, -0.15) is 0 Å². The number of carbonyl (C=O) groups excluding carboxylic acids is 2. The van der Waals surface area contributed by atoms with Gasteiger partial charge in [0.15, 0.2) is 0 Å². The van der Waals surface area contributed by atoms with Crippen LogP contribution in [0.1, 0.15) is 24.8 Å². The number of rotatable bonds is 2. The van der Waals surface area contributed by atoms with Crippen molar-refractivity contribution in [2.24, 2.45) is 0 Å². The molecular weight excluding hydrogens is 216 g/mol. The highest BCUT2D eigenvalue weighted by Crippen LogP contribution is 2.37. The fourth-order valence-corrected chi connectivity index (χ4v) is 2.46. The molecule has 3 rings (SSSR count). The van der Waals surface area contributed by atoms with Crippen LogP contribution in [0.15, 0.2) is 30.3 Å². The van der Waals surface area contributed by atoms with Gasteiger partial charge in [0.2, 0.25) is 0 Å². The molecule has 0 bridgehead atoms. The van der Waals surface area contributed by atoms with Crippen molar-refractivity contribution in [1.29, 1.82) is 0 Å². The van der Waals surface area contributed by atoms with E-state index < -0.39 is 5.54 Å². The zero-order valence-electron chi connectivity index (χ0n) is 9.48. The predicted molar refractivity (Wildman–Crippen MR) is 62.1 cm³/mol. The zero-order valence-corrected chi connectivity index (χ0v) is 9.48. The van der Waals surface area contributed by atoms with Gasteiger partial charge in [0.1, 0.15) is 5.54 Å². The Morgan fingerprint density at radius 3 is 2.41 bits per heavy atom. The van der Waals surface area contributed by atoms with Gasteiger partial charge in [0, 0.05) is 0 Å². The molecule has 88 valence electrons. The highest BCUT2D eigenvalue weighted by atomic mass is 16.2. The van der Waals surface area contributed by atoms with E-state index >= 15 is 0 Å². The molecule has 0 radical (unpaired) electrons. The molecule has 1 spiro atoms. The SMILES string of the molecule is O=C1NC2(CCC2)C(=O)N1Cc1ccccc1. The van der Waals surface area contributed by atoms with Crippen molar-refractivity contribution in [2.75, 3.05) is 0 Å². The first-order chi connectivity index (χ1) is 8.21. The van der Waals surface area contributed by atoms with Gasteiger partial charge in [-0.05, 0) is 24.8 Å². The lowest BCUT2D eigenvalue weighted by molar-refractivity contribution is -0.134. The Bertz CT molecular complexity index is 466. The molecule has 0 aromatic heterocycles. The molecule has 1 N–H and O–H groups in total. The van der Waals surface area contributed by atoms with Gasteiger partial charge in [-0.1, -0.05) is 30.3 Å². The minimum absolute atomic E-state index is 0.0578. The molecule has 0 unspecified atom stereocenters. The second-order valence-corrected chi connectivity index (χ2v) is 4.74. The van der Waals surface area contributed by atoms with Crippen molar-refractivity contribution in [3.63, 3.8) is 0 Å². The predicted octanol–water partition coefficient (Wildman–Crippen LogP) is 1.66. The average Bonchev–Trinajstić information content (AvgIpc) is 2.55. The van der Waals surface area contributed by atoms with Crippen LogP contribution in [0.5, 0.6) is 0 Å². The Morgan fingerprint density at radius 2 is 1.88 bits per heavy atom. The third kappa shape index (κ3) is 1.52. The number of hydrogen-bond acceptors (Lipinski definition) is 2. The highest BCUT2D eigenvalue weighted by molar-refractivity contribution is 6.07. The van der Waals surface area contributed by atoms with Gasteiger partial charge in [0.25, 0.3) is 5.91 Å². The third-order valence-corrected chi connectivity index (χ3v) is 3.64. The Kier molecular flexibility index (Phi) is 2.18. The summed E-state index contributed by atoms with van der Waals surface area (Å²) in [5, 5.41) is 2.82. The number of hydrogen-bond donors (Lipinski definition) is 1. The lowest BCUT2D eigenvalue weighted by Crippen LogP contribution is -2.52. The molecule has 1 aromatic rings. The summed E-state index contributed by atoms with van der Waals surface area (Å²) in [6.45, 7) is 0.368. The Labute approximate surface area is 99.6 Å². The highest BCUT2D eigenvalue weighted by Gasteiger charge is 2.54. The summed E-state index contributed by atoms with van der Waals surface area (Å²) in [6.07, 6.45) is 2.58. The van der Waals surface area contributed by atoms with Gasteiger partial charge in [-0.3, -0.25) is 9.69 Å². The summed E-state index contributed by atoms with van der Waals surface area (Å²) < 4.78 is 0. The molecule has 17 heavy (non-hydrogen) atoms. The first kappa shape index (κ1) is 10.3. The Balaban J connectivity index is 1.80. The van der Waals surface area contributed by atoms with E-state index in [4.69, 9.17) is 0 Å². The van der Waals surface area contributed by atoms with Crippen LogP contribution in [0.3, 0.4) is 0 Å². The van der Waals surface area contributed by atoms with Crippen molar-refractivity contribution >= 4 is 11.9 Å². The van der Waals surface area contributed by atoms with Crippen molar-refractivity contribution in [2.45, 2.75) is 31.3 Å². The van der Waals surface area contributed by atoms with Gasteiger partial charge in [-0.25, -0.2) is 4.79 Å². The van der Waals surface area contributed by atoms with Gasteiger partial charge < -0.3 is 5.32 Å². The van der Waals surface area contributed by atoms with Crippen molar-refractivity contribution in [3.8, 4) is 0 Å². The number of carbonyl (C=O) groups is 2. The number of benzene rings is 1. The van der Waals surface area contributed by atoms with Crippen LogP contribution in [0.4, 0.5) is 4.79 Å². The zero-order chi connectivity index (χ0) is 11.9. The standard InChI is InChI=1S/C13H14N2O2/c16-11-13(7-4-8-13)14-12(17)15(11)9-10-5-2-1-3-6-10/h1-3,5-6H,4,7-9H2,(H,14,17). The van der Waals surface area contributed by atoms with Crippen LogP contribution in [-0.4, -0.2) is 22.4 Å². The molecular formula is C13H14N2O2. The van der Waals surface area contributed by atoms with E-state index in [1.165, 1.54) is 4.90 Å². The van der Waals surface area contributed by atoms with Crippen molar-refractivity contribution in [3.05, 3.63) is 35.9 Å². The van der Waals surface area contributed by atoms with Crippen LogP contribution >= 0.6 is 0 Å². The molecule has 4 heteroatoms. The molecule has 4 nitrogen and oxygen atoms in total. The minimum Gasteiger partial charge on any atom is -0.323 e. The molecule has 2 aliphatic rings. The minimum atomic E-state index is -0.564. The quantitative estimate of drug-likeness (QED) is 0.785. The molecule has 3 amide bonds. The summed E-state index contributed by atoms with van der Waals surface area (Å²) in [5.41, 5.74) is 0.415. The summed E-state index contributed by atoms with van der Waals surface area (Å²) in [4.78, 5) is 25.3. The molecule has 1 saturated heterocycles. The maximum absolute atomic E-state index is 12.2. The maximum Gasteiger partial charge on any atom is 0.325 e. The lowest BCUT2D eigenvalue weighted by atomic mass is 9.77. The number of nitrogens with zero attached hydrogens (tertiary/aromatic N) is 1. The average molecular weight is 230 g/mol. The Hall–Kier alpha value is -1.84.